The summed E-state index contributed by atoms with van der Waals surface area (Å²) < 4.78 is 30.3. The third kappa shape index (κ3) is 2.87. The number of benzene rings is 1. The van der Waals surface area contributed by atoms with E-state index in [9.17, 15) is 8.42 Å². The summed E-state index contributed by atoms with van der Waals surface area (Å²) in [5.41, 5.74) is 7.99. The van der Waals surface area contributed by atoms with Crippen molar-refractivity contribution in [3.05, 3.63) is 30.0 Å². The van der Waals surface area contributed by atoms with Crippen molar-refractivity contribution in [2.75, 3.05) is 19.1 Å². The van der Waals surface area contributed by atoms with Gasteiger partial charge in [0, 0.05) is 18.9 Å². The normalized spacial score (nSPS) is 13.1. The number of sulfone groups is 1. The Morgan fingerprint density at radius 3 is 2.33 bits per heavy atom. The fraction of sp³-hybridized carbons (Fsp3) is 0.357. The lowest BCUT2D eigenvalue weighted by Gasteiger charge is -2.10. The highest BCUT2D eigenvalue weighted by molar-refractivity contribution is 7.90. The van der Waals surface area contributed by atoms with Gasteiger partial charge in [0.1, 0.15) is 16.8 Å². The van der Waals surface area contributed by atoms with Crippen LogP contribution in [0.15, 0.2) is 24.3 Å². The first kappa shape index (κ1) is 15.4. The summed E-state index contributed by atoms with van der Waals surface area (Å²) in [5.74, 6) is 1.16. The van der Waals surface area contributed by atoms with Crippen LogP contribution in [0.1, 0.15) is 17.9 Å². The lowest BCUT2D eigenvalue weighted by Crippen LogP contribution is -2.09. The molecule has 0 aliphatic rings. The Hall–Kier alpha value is -2.02. The maximum Gasteiger partial charge on any atom is 0.155 e. The quantitative estimate of drug-likeness (QED) is 0.930. The lowest BCUT2D eigenvalue weighted by atomic mass is 10.0. The summed E-state index contributed by atoms with van der Waals surface area (Å²) in [4.78, 5) is 0. The number of anilines is 1. The van der Waals surface area contributed by atoms with E-state index in [1.807, 2.05) is 12.1 Å². The molecule has 0 aliphatic carbocycles. The highest BCUT2D eigenvalue weighted by Crippen LogP contribution is 2.36. The van der Waals surface area contributed by atoms with Crippen LogP contribution in [-0.2, 0) is 16.9 Å². The fourth-order valence-electron chi connectivity index (χ4n) is 2.10. The van der Waals surface area contributed by atoms with Crippen LogP contribution in [0.5, 0.6) is 5.75 Å². The molecule has 6 nitrogen and oxygen atoms in total. The number of aromatic nitrogens is 2. The van der Waals surface area contributed by atoms with Gasteiger partial charge in [0.25, 0.3) is 0 Å². The van der Waals surface area contributed by atoms with Gasteiger partial charge in [-0.25, -0.2) is 8.42 Å². The minimum atomic E-state index is -3.26. The molecule has 0 radical (unpaired) electrons. The van der Waals surface area contributed by atoms with Crippen LogP contribution >= 0.6 is 0 Å². The van der Waals surface area contributed by atoms with Gasteiger partial charge < -0.3 is 10.5 Å². The molecule has 1 atom stereocenters. The summed E-state index contributed by atoms with van der Waals surface area (Å²) in [6.45, 7) is 1.62. The molecule has 7 heteroatoms. The van der Waals surface area contributed by atoms with Crippen molar-refractivity contribution in [1.29, 1.82) is 0 Å². The van der Waals surface area contributed by atoms with E-state index in [-0.39, 0.29) is 0 Å². The van der Waals surface area contributed by atoms with Crippen LogP contribution in [-0.4, -0.2) is 31.6 Å². The zero-order valence-electron chi connectivity index (χ0n) is 12.5. The molecule has 0 aliphatic heterocycles. The molecular weight excluding hydrogens is 290 g/mol. The van der Waals surface area contributed by atoms with Crippen LogP contribution in [0.2, 0.25) is 0 Å². The number of rotatable bonds is 4. The van der Waals surface area contributed by atoms with Gasteiger partial charge in [-0.3, -0.25) is 4.68 Å². The summed E-state index contributed by atoms with van der Waals surface area (Å²) >= 11 is 0. The molecule has 0 spiro atoms. The number of methoxy groups -OCH3 is 1. The van der Waals surface area contributed by atoms with Crippen LogP contribution in [0, 0.1) is 0 Å². The summed E-state index contributed by atoms with van der Waals surface area (Å²) in [6.07, 6.45) is 1.19. The van der Waals surface area contributed by atoms with Crippen LogP contribution in [0.25, 0.3) is 11.1 Å². The topological polar surface area (TPSA) is 87.2 Å². The van der Waals surface area contributed by atoms with Gasteiger partial charge >= 0.3 is 0 Å². The second-order valence-electron chi connectivity index (χ2n) is 4.97. The molecule has 0 saturated carbocycles. The Kier molecular flexibility index (Phi) is 3.95. The molecule has 0 amide bonds. The third-order valence-corrected chi connectivity index (χ3v) is 5.03. The Morgan fingerprint density at radius 2 is 1.86 bits per heavy atom. The van der Waals surface area contributed by atoms with Crippen molar-refractivity contribution < 1.29 is 13.2 Å². The molecule has 2 rings (SSSR count). The van der Waals surface area contributed by atoms with E-state index in [4.69, 9.17) is 10.5 Å². The summed E-state index contributed by atoms with van der Waals surface area (Å²) in [6, 6.07) is 7.28. The molecule has 2 N–H and O–H groups in total. The van der Waals surface area contributed by atoms with E-state index in [1.165, 1.54) is 10.9 Å². The van der Waals surface area contributed by atoms with Gasteiger partial charge in [-0.05, 0) is 24.6 Å². The Morgan fingerprint density at radius 1 is 1.29 bits per heavy atom. The van der Waals surface area contributed by atoms with Crippen molar-refractivity contribution in [2.24, 2.45) is 7.05 Å². The predicted octanol–water partition coefficient (Wildman–Crippen LogP) is 1.78. The second-order valence-corrected chi connectivity index (χ2v) is 7.34. The molecule has 0 fully saturated rings. The van der Waals surface area contributed by atoms with Gasteiger partial charge in [-0.1, -0.05) is 12.1 Å². The summed E-state index contributed by atoms with van der Waals surface area (Å²) in [7, 11) is 0.0245. The van der Waals surface area contributed by atoms with E-state index in [1.54, 1.807) is 33.2 Å². The zero-order chi connectivity index (χ0) is 15.8. The van der Waals surface area contributed by atoms with Crippen molar-refractivity contribution in [2.45, 2.75) is 12.2 Å². The number of nitrogens with zero attached hydrogens (tertiary/aromatic N) is 2. The van der Waals surface area contributed by atoms with Crippen molar-refractivity contribution in [3.63, 3.8) is 0 Å². The zero-order valence-corrected chi connectivity index (χ0v) is 13.3. The monoisotopic (exact) mass is 309 g/mol. The van der Waals surface area contributed by atoms with Gasteiger partial charge in [0.2, 0.25) is 0 Å². The van der Waals surface area contributed by atoms with Crippen molar-refractivity contribution in [1.82, 2.24) is 9.78 Å². The number of hydrogen-bond donors (Lipinski definition) is 1. The van der Waals surface area contributed by atoms with E-state index in [0.29, 0.717) is 17.1 Å². The number of ether oxygens (including phenoxy) is 1. The van der Waals surface area contributed by atoms with Gasteiger partial charge in [0.05, 0.1) is 12.8 Å². The maximum absolute atomic E-state index is 11.8. The van der Waals surface area contributed by atoms with Gasteiger partial charge in [-0.2, -0.15) is 5.10 Å². The number of hydrogen-bond acceptors (Lipinski definition) is 5. The molecule has 1 aromatic heterocycles. The molecule has 1 heterocycles. The first-order valence-corrected chi connectivity index (χ1v) is 8.36. The second kappa shape index (κ2) is 5.40. The highest BCUT2D eigenvalue weighted by atomic mass is 32.2. The molecule has 21 heavy (non-hydrogen) atoms. The molecule has 0 saturated heterocycles. The minimum Gasteiger partial charge on any atom is -0.497 e. The molecule has 1 aromatic carbocycles. The van der Waals surface area contributed by atoms with Crippen LogP contribution < -0.4 is 10.5 Å². The number of aryl methyl sites for hydroxylation is 1. The number of nitrogen functional groups attached to an aromatic ring is 1. The Labute approximate surface area is 124 Å². The average molecular weight is 309 g/mol. The summed E-state index contributed by atoms with van der Waals surface area (Å²) in [5, 5.41) is 3.55. The van der Waals surface area contributed by atoms with Crippen LogP contribution in [0.4, 0.5) is 5.82 Å². The highest BCUT2D eigenvalue weighted by Gasteiger charge is 2.26. The van der Waals surface area contributed by atoms with Gasteiger partial charge in [0.15, 0.2) is 9.84 Å². The first-order chi connectivity index (χ1) is 9.75. The van der Waals surface area contributed by atoms with Crippen LogP contribution in [0.3, 0.4) is 0 Å². The van der Waals surface area contributed by atoms with E-state index in [0.717, 1.165) is 11.3 Å². The maximum atomic E-state index is 11.8. The molecule has 114 valence electrons. The predicted molar refractivity (Wildman–Crippen MR) is 82.9 cm³/mol. The van der Waals surface area contributed by atoms with Crippen molar-refractivity contribution >= 4 is 15.7 Å². The fourth-order valence-corrected chi connectivity index (χ4v) is 2.67. The van der Waals surface area contributed by atoms with E-state index in [2.05, 4.69) is 5.10 Å². The molecule has 2 aromatic rings. The lowest BCUT2D eigenvalue weighted by molar-refractivity contribution is 0.415. The van der Waals surface area contributed by atoms with E-state index < -0.39 is 15.1 Å². The first-order valence-electron chi connectivity index (χ1n) is 6.41. The minimum absolute atomic E-state index is 0.436. The third-order valence-electron chi connectivity index (χ3n) is 3.52. The SMILES string of the molecule is COc1ccc(-c2c(C(C)S(C)(=O)=O)nn(C)c2N)cc1. The largest absolute Gasteiger partial charge is 0.497 e. The number of nitrogens with two attached hydrogens (primary N) is 1. The molecule has 0 bridgehead atoms. The smallest absolute Gasteiger partial charge is 0.155 e. The molecule has 1 unspecified atom stereocenters. The average Bonchev–Trinajstić information content (AvgIpc) is 2.73. The Balaban J connectivity index is 2.62. The van der Waals surface area contributed by atoms with Gasteiger partial charge in [-0.15, -0.1) is 0 Å². The Bertz CT molecular complexity index is 749. The van der Waals surface area contributed by atoms with E-state index >= 15 is 0 Å². The standard InChI is InChI=1S/C14H19N3O3S/c1-9(21(4,18)19)13-12(14(15)17(2)16-13)10-5-7-11(20-3)8-6-10/h5-9H,15H2,1-4H3. The molecular formula is C14H19N3O3S. The van der Waals surface area contributed by atoms with Crippen molar-refractivity contribution in [3.8, 4) is 16.9 Å².